The molecule has 360 valence electrons. The summed E-state index contributed by atoms with van der Waals surface area (Å²) in [6.45, 7) is 10.8. The molecule has 3 fully saturated rings. The van der Waals surface area contributed by atoms with Gasteiger partial charge in [0.15, 0.2) is 0 Å². The van der Waals surface area contributed by atoms with Gasteiger partial charge in [0, 0.05) is 146 Å². The summed E-state index contributed by atoms with van der Waals surface area (Å²) < 4.78 is 22.8. The molecule has 4 aliphatic heterocycles. The first-order valence-corrected chi connectivity index (χ1v) is 24.2. The molecule has 17 heteroatoms. The van der Waals surface area contributed by atoms with E-state index in [1.807, 2.05) is 55.3 Å². The minimum Gasteiger partial charge on any atom is -0.388 e. The SMILES string of the molecule is CNc1ccn(-c2ccnc3c2cc(CN2CC=C(c4c(C)cc(C(=O)N5CCC(CN6CCN(Cc7ccc8c(c7)n(C)c(=O)n8[C@H]7CCC(=O)NC7=O)CC6)CC5)cc4F)CC2)n3C)c(=O)c1. The van der Waals surface area contributed by atoms with Gasteiger partial charge in [-0.25, -0.2) is 14.2 Å². The van der Waals surface area contributed by atoms with Gasteiger partial charge in [0.2, 0.25) is 11.8 Å². The molecule has 4 aliphatic rings. The highest BCUT2D eigenvalue weighted by Gasteiger charge is 2.32. The predicted molar refractivity (Wildman–Crippen MR) is 264 cm³/mol. The quantitative estimate of drug-likeness (QED) is 0.173. The van der Waals surface area contributed by atoms with Crippen LogP contribution in [0.3, 0.4) is 0 Å². The summed E-state index contributed by atoms with van der Waals surface area (Å²) in [4.78, 5) is 78.1. The van der Waals surface area contributed by atoms with Crippen molar-refractivity contribution in [1.82, 2.24) is 48.2 Å². The number of halogens is 1. The van der Waals surface area contributed by atoms with E-state index in [-0.39, 0.29) is 35.3 Å². The maximum Gasteiger partial charge on any atom is 0.329 e. The largest absolute Gasteiger partial charge is 0.388 e. The Morgan fingerprint density at radius 3 is 2.32 bits per heavy atom. The average Bonchev–Trinajstić information content (AvgIpc) is 3.79. The minimum absolute atomic E-state index is 0.113. The fourth-order valence-corrected chi connectivity index (χ4v) is 11.0. The summed E-state index contributed by atoms with van der Waals surface area (Å²) in [5.74, 6) is -0.725. The van der Waals surface area contributed by atoms with Crippen LogP contribution < -0.4 is 21.9 Å². The van der Waals surface area contributed by atoms with Gasteiger partial charge in [0.05, 0.1) is 16.7 Å². The van der Waals surface area contributed by atoms with E-state index in [2.05, 4.69) is 47.0 Å². The number of carbonyl (C=O) groups excluding carboxylic acids is 3. The number of piperidine rings is 2. The van der Waals surface area contributed by atoms with Gasteiger partial charge in [-0.15, -0.1) is 0 Å². The van der Waals surface area contributed by atoms with Gasteiger partial charge in [0.1, 0.15) is 17.5 Å². The summed E-state index contributed by atoms with van der Waals surface area (Å²) in [5.41, 5.74) is 8.29. The summed E-state index contributed by atoms with van der Waals surface area (Å²) in [7, 11) is 5.50. The number of pyridine rings is 2. The number of imide groups is 1. The van der Waals surface area contributed by atoms with E-state index < -0.39 is 11.9 Å². The van der Waals surface area contributed by atoms with Crippen LogP contribution in [0.25, 0.3) is 33.3 Å². The first-order valence-electron chi connectivity index (χ1n) is 24.2. The number of benzene rings is 2. The van der Waals surface area contributed by atoms with Crippen LogP contribution in [0.2, 0.25) is 0 Å². The Balaban J connectivity index is 0.701. The standard InChI is InChI=1S/C52H60FN11O5/c1-33-25-37(27-41(53)48(33)36-12-16-59(17-13-36)32-39-29-40-42(9-15-55-49(40)57(39)3)63-20-14-38(54-2)28-47(63)66)51(68)62-18-10-34(11-19-62)30-60-21-23-61(24-22-60)31-35-5-6-43-45(26-35)58(4)52(69)64(43)44-7-8-46(65)56-50(44)67/h5-6,9,12,14-15,20,25-29,34,44,54H,7-8,10-11,13,16-19,21-24,30-32H2,1-4H3,(H,56,65,67)/t44-/m0/s1. The maximum absolute atomic E-state index is 16.0. The van der Waals surface area contributed by atoms with Crippen LogP contribution in [0.1, 0.15) is 70.9 Å². The smallest absolute Gasteiger partial charge is 0.329 e. The normalized spacial score (nSPS) is 19.1. The average molecular weight is 938 g/mol. The molecule has 0 bridgehead atoms. The summed E-state index contributed by atoms with van der Waals surface area (Å²) in [5, 5.41) is 6.28. The van der Waals surface area contributed by atoms with Crippen LogP contribution in [0.5, 0.6) is 0 Å². The Bertz CT molecular complexity index is 3130. The lowest BCUT2D eigenvalue weighted by molar-refractivity contribution is -0.135. The van der Waals surface area contributed by atoms with Gasteiger partial charge in [-0.2, -0.15) is 0 Å². The van der Waals surface area contributed by atoms with E-state index in [0.29, 0.717) is 61.6 Å². The fourth-order valence-electron chi connectivity index (χ4n) is 11.0. The first-order chi connectivity index (χ1) is 33.3. The monoisotopic (exact) mass is 937 g/mol. The van der Waals surface area contributed by atoms with Crippen molar-refractivity contribution in [3.8, 4) is 5.69 Å². The number of imidazole rings is 1. The number of aromatic nitrogens is 5. The van der Waals surface area contributed by atoms with Crippen molar-refractivity contribution in [2.24, 2.45) is 20.0 Å². The van der Waals surface area contributed by atoms with Crippen molar-refractivity contribution in [2.45, 2.75) is 58.2 Å². The Morgan fingerprint density at radius 2 is 1.61 bits per heavy atom. The molecule has 10 rings (SSSR count). The van der Waals surface area contributed by atoms with E-state index in [9.17, 15) is 24.0 Å². The molecule has 0 radical (unpaired) electrons. The van der Waals surface area contributed by atoms with Crippen molar-refractivity contribution in [3.63, 3.8) is 0 Å². The number of carbonyl (C=O) groups is 3. The Morgan fingerprint density at radius 1 is 0.826 bits per heavy atom. The zero-order valence-corrected chi connectivity index (χ0v) is 39.8. The number of hydrogen-bond acceptors (Lipinski definition) is 10. The summed E-state index contributed by atoms with van der Waals surface area (Å²) in [6.07, 6.45) is 8.63. The molecule has 3 saturated heterocycles. The van der Waals surface area contributed by atoms with E-state index in [4.69, 9.17) is 0 Å². The minimum atomic E-state index is -0.703. The molecule has 2 aromatic carbocycles. The molecule has 1 atom stereocenters. The molecule has 0 spiro atoms. The van der Waals surface area contributed by atoms with Crippen LogP contribution in [0, 0.1) is 18.7 Å². The molecule has 0 aliphatic carbocycles. The van der Waals surface area contributed by atoms with Crippen molar-refractivity contribution in [3.05, 3.63) is 128 Å². The van der Waals surface area contributed by atoms with Crippen molar-refractivity contribution < 1.29 is 18.8 Å². The number of piperazine rings is 1. The fraction of sp³-hybridized carbons (Fsp3) is 0.423. The number of hydrogen-bond donors (Lipinski definition) is 2. The molecule has 2 N–H and O–H groups in total. The molecule has 69 heavy (non-hydrogen) atoms. The van der Waals surface area contributed by atoms with Gasteiger partial charge in [0.25, 0.3) is 11.5 Å². The van der Waals surface area contributed by atoms with Crippen LogP contribution in [0.4, 0.5) is 10.1 Å². The number of anilines is 1. The van der Waals surface area contributed by atoms with Gasteiger partial charge in [-0.3, -0.25) is 48.0 Å². The second kappa shape index (κ2) is 19.0. The molecule has 0 saturated carbocycles. The highest BCUT2D eigenvalue weighted by Crippen LogP contribution is 2.32. The van der Waals surface area contributed by atoms with Crippen LogP contribution in [0.15, 0.2) is 82.7 Å². The highest BCUT2D eigenvalue weighted by atomic mass is 19.1. The van der Waals surface area contributed by atoms with Crippen LogP contribution in [-0.2, 0) is 36.8 Å². The van der Waals surface area contributed by atoms with Gasteiger partial charge in [-0.05, 0) is 97.7 Å². The number of likely N-dealkylation sites (tertiary alicyclic amines) is 1. The van der Waals surface area contributed by atoms with Gasteiger partial charge < -0.3 is 19.7 Å². The lowest BCUT2D eigenvalue weighted by Gasteiger charge is -2.39. The lowest BCUT2D eigenvalue weighted by atomic mass is 9.92. The van der Waals surface area contributed by atoms with E-state index >= 15 is 4.39 Å². The number of aryl methyl sites for hydroxylation is 3. The number of amides is 3. The third-order valence-corrected chi connectivity index (χ3v) is 15.0. The maximum atomic E-state index is 16.0. The molecular weight excluding hydrogens is 878 g/mol. The van der Waals surface area contributed by atoms with Gasteiger partial charge in [-0.1, -0.05) is 12.1 Å². The number of nitrogens with zero attached hydrogens (tertiary/aromatic N) is 9. The second-order valence-electron chi connectivity index (χ2n) is 19.3. The number of rotatable bonds is 11. The van der Waals surface area contributed by atoms with Gasteiger partial charge >= 0.3 is 5.69 Å². The number of fused-ring (bicyclic) bond motifs is 2. The van der Waals surface area contributed by atoms with Crippen molar-refractivity contribution in [2.75, 3.05) is 71.3 Å². The predicted octanol–water partition coefficient (Wildman–Crippen LogP) is 4.80. The zero-order chi connectivity index (χ0) is 48.1. The second-order valence-corrected chi connectivity index (χ2v) is 19.3. The zero-order valence-electron chi connectivity index (χ0n) is 39.8. The van der Waals surface area contributed by atoms with Crippen LogP contribution in [-0.4, -0.2) is 127 Å². The molecule has 0 unspecified atom stereocenters. The van der Waals surface area contributed by atoms with E-state index in [0.717, 1.165) is 109 Å². The molecule has 6 aromatic rings. The molecule has 8 heterocycles. The molecule has 3 amide bonds. The third kappa shape index (κ3) is 9.06. The summed E-state index contributed by atoms with van der Waals surface area (Å²) in [6, 6.07) is 16.0. The summed E-state index contributed by atoms with van der Waals surface area (Å²) >= 11 is 0. The highest BCUT2D eigenvalue weighted by molar-refractivity contribution is 6.00. The van der Waals surface area contributed by atoms with E-state index in [1.54, 1.807) is 41.7 Å². The Hall–Kier alpha value is -6.69. The van der Waals surface area contributed by atoms with Crippen molar-refractivity contribution >= 4 is 51.0 Å². The third-order valence-electron chi connectivity index (χ3n) is 15.0. The number of nitrogens with one attached hydrogen (secondary N) is 2. The van der Waals surface area contributed by atoms with Crippen LogP contribution >= 0.6 is 0 Å². The van der Waals surface area contributed by atoms with Crippen molar-refractivity contribution in [1.29, 1.82) is 0 Å². The molecular formula is C52H60FN11O5. The Labute approximate surface area is 399 Å². The topological polar surface area (TPSA) is 155 Å². The first kappa shape index (κ1) is 46.1. The molecule has 16 nitrogen and oxygen atoms in total. The van der Waals surface area contributed by atoms with E-state index in [1.165, 1.54) is 10.6 Å². The molecule has 4 aromatic heterocycles. The Kier molecular flexibility index (Phi) is 12.7. The lowest BCUT2D eigenvalue weighted by Crippen LogP contribution is -2.48.